The smallest absolute Gasteiger partial charge is 0.315 e. The summed E-state index contributed by atoms with van der Waals surface area (Å²) in [6.07, 6.45) is -0.784. The summed E-state index contributed by atoms with van der Waals surface area (Å²) in [5.74, 6) is 0.827. The SMILES string of the molecule is CCNC(=O)NCc1cccc(-c2ccc([C@@H]3O[C@H](CSc4nnc(C)s4)[C@H](C)[C@H](c4ccc(CO)cc4)O3)cc2)c1. The molecule has 0 bridgehead atoms. The van der Waals surface area contributed by atoms with Gasteiger partial charge in [-0.25, -0.2) is 4.79 Å². The second kappa shape index (κ2) is 14.3. The van der Waals surface area contributed by atoms with E-state index in [0.717, 1.165) is 48.5 Å². The number of aliphatic hydroxyl groups is 1. The van der Waals surface area contributed by atoms with E-state index in [2.05, 4.69) is 64.2 Å². The molecular formula is C32H36N4O4S2. The molecule has 3 aromatic carbocycles. The molecule has 2 amide bonds. The summed E-state index contributed by atoms with van der Waals surface area (Å²) >= 11 is 3.25. The van der Waals surface area contributed by atoms with Gasteiger partial charge < -0.3 is 25.2 Å². The molecule has 1 saturated heterocycles. The minimum absolute atomic E-state index is 0.00752. The molecule has 220 valence electrons. The molecule has 10 heteroatoms. The molecular weight excluding hydrogens is 569 g/mol. The molecule has 0 unspecified atom stereocenters. The van der Waals surface area contributed by atoms with Crippen LogP contribution in [0.25, 0.3) is 11.1 Å². The van der Waals surface area contributed by atoms with E-state index < -0.39 is 6.29 Å². The summed E-state index contributed by atoms with van der Waals surface area (Å²) < 4.78 is 14.1. The number of aryl methyl sites for hydroxylation is 1. The van der Waals surface area contributed by atoms with Crippen molar-refractivity contribution in [1.29, 1.82) is 0 Å². The van der Waals surface area contributed by atoms with Gasteiger partial charge in [0.15, 0.2) is 10.6 Å². The number of urea groups is 1. The molecule has 5 rings (SSSR count). The number of nitrogens with zero attached hydrogens (tertiary/aromatic N) is 2. The highest BCUT2D eigenvalue weighted by atomic mass is 32.2. The molecule has 1 aromatic heterocycles. The number of thioether (sulfide) groups is 1. The number of aliphatic hydroxyl groups excluding tert-OH is 1. The predicted octanol–water partition coefficient (Wildman–Crippen LogP) is 6.41. The van der Waals surface area contributed by atoms with Gasteiger partial charge in [-0.15, -0.1) is 10.2 Å². The lowest BCUT2D eigenvalue weighted by Crippen LogP contribution is -2.38. The maximum atomic E-state index is 11.8. The Morgan fingerprint density at radius 3 is 2.40 bits per heavy atom. The molecule has 3 N–H and O–H groups in total. The number of ether oxygens (including phenoxy) is 2. The van der Waals surface area contributed by atoms with Crippen molar-refractivity contribution >= 4 is 29.1 Å². The second-order valence-corrected chi connectivity index (χ2v) is 12.7. The maximum absolute atomic E-state index is 11.8. The molecule has 4 aromatic rings. The Morgan fingerprint density at radius 2 is 1.71 bits per heavy atom. The Bertz CT molecular complexity index is 1460. The normalized spacial score (nSPS) is 20.3. The van der Waals surface area contributed by atoms with Crippen molar-refractivity contribution < 1.29 is 19.4 Å². The fourth-order valence-corrected chi connectivity index (χ4v) is 6.90. The van der Waals surface area contributed by atoms with Crippen LogP contribution in [0.3, 0.4) is 0 Å². The van der Waals surface area contributed by atoms with Crippen LogP contribution < -0.4 is 10.6 Å². The van der Waals surface area contributed by atoms with Gasteiger partial charge in [-0.1, -0.05) is 96.8 Å². The van der Waals surface area contributed by atoms with Gasteiger partial charge in [0.25, 0.3) is 0 Å². The van der Waals surface area contributed by atoms with E-state index in [1.54, 1.807) is 23.1 Å². The average Bonchev–Trinajstić information content (AvgIpc) is 3.45. The van der Waals surface area contributed by atoms with E-state index >= 15 is 0 Å². The van der Waals surface area contributed by atoms with Crippen LogP contribution in [0.5, 0.6) is 0 Å². The van der Waals surface area contributed by atoms with Crippen molar-refractivity contribution in [3.8, 4) is 11.1 Å². The summed E-state index contributed by atoms with van der Waals surface area (Å²) in [6.45, 7) is 7.06. The van der Waals surface area contributed by atoms with Crippen LogP contribution in [0.15, 0.2) is 77.1 Å². The lowest BCUT2D eigenvalue weighted by Gasteiger charge is -2.41. The van der Waals surface area contributed by atoms with Crippen LogP contribution in [0, 0.1) is 12.8 Å². The van der Waals surface area contributed by atoms with Gasteiger partial charge in [0.1, 0.15) is 5.01 Å². The third kappa shape index (κ3) is 7.56. The number of hydrogen-bond donors (Lipinski definition) is 3. The summed E-state index contributed by atoms with van der Waals surface area (Å²) in [4.78, 5) is 11.8. The van der Waals surface area contributed by atoms with Crippen LogP contribution in [-0.2, 0) is 22.6 Å². The molecule has 0 saturated carbocycles. The van der Waals surface area contributed by atoms with Crippen molar-refractivity contribution in [2.45, 2.75) is 56.8 Å². The number of aromatic nitrogens is 2. The Labute approximate surface area is 254 Å². The Kier molecular flexibility index (Phi) is 10.2. The highest BCUT2D eigenvalue weighted by molar-refractivity contribution is 8.01. The topological polar surface area (TPSA) is 106 Å². The summed E-state index contributed by atoms with van der Waals surface area (Å²) in [7, 11) is 0. The second-order valence-electron chi connectivity index (χ2n) is 10.3. The van der Waals surface area contributed by atoms with Gasteiger partial charge in [-0.3, -0.25) is 0 Å². The third-order valence-corrected chi connectivity index (χ3v) is 9.30. The summed E-state index contributed by atoms with van der Waals surface area (Å²) in [5, 5.41) is 24.5. The lowest BCUT2D eigenvalue weighted by atomic mass is 9.91. The van der Waals surface area contributed by atoms with Crippen molar-refractivity contribution in [3.05, 3.63) is 100 Å². The number of benzene rings is 3. The zero-order chi connectivity index (χ0) is 29.5. The Morgan fingerprint density at radius 1 is 0.952 bits per heavy atom. The average molecular weight is 605 g/mol. The van der Waals surface area contributed by atoms with E-state index in [4.69, 9.17) is 9.47 Å². The van der Waals surface area contributed by atoms with Gasteiger partial charge in [-0.05, 0) is 47.7 Å². The quantitative estimate of drug-likeness (QED) is 0.180. The van der Waals surface area contributed by atoms with Gasteiger partial charge in [0.05, 0.1) is 18.8 Å². The van der Waals surface area contributed by atoms with E-state index in [-0.39, 0.29) is 30.8 Å². The fraction of sp³-hybridized carbons (Fsp3) is 0.344. The number of nitrogens with one attached hydrogen (secondary N) is 2. The van der Waals surface area contributed by atoms with E-state index in [1.807, 2.05) is 50.2 Å². The summed E-state index contributed by atoms with van der Waals surface area (Å²) in [5.41, 5.74) is 6.03. The van der Waals surface area contributed by atoms with E-state index in [9.17, 15) is 9.90 Å². The molecule has 42 heavy (non-hydrogen) atoms. The first-order chi connectivity index (χ1) is 20.4. The van der Waals surface area contributed by atoms with Gasteiger partial charge >= 0.3 is 6.03 Å². The molecule has 2 heterocycles. The molecule has 0 radical (unpaired) electrons. The van der Waals surface area contributed by atoms with Crippen LogP contribution in [0.1, 0.15) is 53.5 Å². The van der Waals surface area contributed by atoms with Crippen molar-refractivity contribution in [2.75, 3.05) is 12.3 Å². The standard InChI is InChI=1S/C32H36N4O4S2/c1-4-33-31(38)34-17-23-6-5-7-27(16-23)24-12-14-26(15-13-24)30-39-28(19-41-32-36-35-21(3)42-32)20(2)29(40-30)25-10-8-22(18-37)9-11-25/h5-16,20,28-30,37H,4,17-19H2,1-3H3,(H2,33,34,38)/t20-,28+,29+,30+/m0/s1. The number of amides is 2. The monoisotopic (exact) mass is 604 g/mol. The molecule has 1 aliphatic heterocycles. The van der Waals surface area contributed by atoms with Gasteiger partial charge in [-0.2, -0.15) is 0 Å². The largest absolute Gasteiger partial charge is 0.392 e. The number of hydrogen-bond acceptors (Lipinski definition) is 8. The molecule has 0 aliphatic carbocycles. The van der Waals surface area contributed by atoms with Crippen molar-refractivity contribution in [2.24, 2.45) is 5.92 Å². The molecule has 4 atom stereocenters. The number of rotatable bonds is 10. The van der Waals surface area contributed by atoms with Crippen LogP contribution in [0.4, 0.5) is 4.79 Å². The molecule has 8 nitrogen and oxygen atoms in total. The minimum Gasteiger partial charge on any atom is -0.392 e. The first kappa shape index (κ1) is 30.2. The first-order valence-corrected chi connectivity index (χ1v) is 15.9. The van der Waals surface area contributed by atoms with Crippen LogP contribution >= 0.6 is 23.1 Å². The fourth-order valence-electron chi connectivity index (χ4n) is 4.90. The Hall–Kier alpha value is -3.28. The number of carbonyl (C=O) groups excluding carboxylic acids is 1. The molecule has 1 fully saturated rings. The molecule has 0 spiro atoms. The summed E-state index contributed by atoms with van der Waals surface area (Å²) in [6, 6.07) is 24.2. The van der Waals surface area contributed by atoms with Crippen LogP contribution in [0.2, 0.25) is 0 Å². The third-order valence-electron chi connectivity index (χ3n) is 7.24. The molecule has 1 aliphatic rings. The minimum atomic E-state index is -0.535. The van der Waals surface area contributed by atoms with Crippen molar-refractivity contribution in [3.63, 3.8) is 0 Å². The van der Waals surface area contributed by atoms with Crippen LogP contribution in [-0.4, -0.2) is 39.7 Å². The number of carbonyl (C=O) groups is 1. The predicted molar refractivity (Wildman–Crippen MR) is 166 cm³/mol. The maximum Gasteiger partial charge on any atom is 0.315 e. The highest BCUT2D eigenvalue weighted by Gasteiger charge is 2.38. The Balaban J connectivity index is 1.33. The highest BCUT2D eigenvalue weighted by Crippen LogP contribution is 2.43. The van der Waals surface area contributed by atoms with E-state index in [1.165, 1.54) is 0 Å². The zero-order valence-electron chi connectivity index (χ0n) is 23.9. The first-order valence-electron chi connectivity index (χ1n) is 14.1. The van der Waals surface area contributed by atoms with Crippen molar-refractivity contribution in [1.82, 2.24) is 20.8 Å². The lowest BCUT2D eigenvalue weighted by molar-refractivity contribution is -0.268. The van der Waals surface area contributed by atoms with E-state index in [0.29, 0.717) is 13.1 Å². The van der Waals surface area contributed by atoms with Gasteiger partial charge in [0, 0.05) is 30.3 Å². The van der Waals surface area contributed by atoms with Gasteiger partial charge in [0.2, 0.25) is 0 Å². The zero-order valence-corrected chi connectivity index (χ0v) is 25.6.